The lowest BCUT2D eigenvalue weighted by Crippen LogP contribution is -2.46. The number of quaternary nitrogens is 1. The van der Waals surface area contributed by atoms with Gasteiger partial charge in [-0.25, -0.2) is 9.18 Å². The molecule has 2 N–H and O–H groups in total. The van der Waals surface area contributed by atoms with E-state index < -0.39 is 5.97 Å². The Balaban J connectivity index is 1.62. The van der Waals surface area contributed by atoms with Gasteiger partial charge in [-0.1, -0.05) is 60.7 Å². The minimum absolute atomic E-state index is 0.117. The number of hydrogen-bond acceptors (Lipinski definition) is 2. The average molecular weight is 450 g/mol. The molecular weight excluding hydrogens is 415 g/mol. The van der Waals surface area contributed by atoms with Gasteiger partial charge < -0.3 is 14.9 Å². The number of carboxylic acid groups (broad SMARTS) is 1. The van der Waals surface area contributed by atoms with Gasteiger partial charge >= 0.3 is 5.97 Å². The first-order valence-electron chi connectivity index (χ1n) is 11.3. The molecule has 1 atom stereocenters. The molecule has 0 spiro atoms. The molecule has 0 amide bonds. The van der Waals surface area contributed by atoms with Gasteiger partial charge in [0.1, 0.15) is 12.4 Å². The molecule has 33 heavy (non-hydrogen) atoms. The van der Waals surface area contributed by atoms with Crippen molar-refractivity contribution in [3.05, 3.63) is 95.3 Å². The summed E-state index contributed by atoms with van der Waals surface area (Å²) in [5.41, 5.74) is 5.36. The Morgan fingerprint density at radius 2 is 1.42 bits per heavy atom. The molecule has 5 heteroatoms. The summed E-state index contributed by atoms with van der Waals surface area (Å²) in [5.74, 6) is -0.997. The van der Waals surface area contributed by atoms with Crippen molar-refractivity contribution in [2.45, 2.75) is 39.4 Å². The van der Waals surface area contributed by atoms with Crippen molar-refractivity contribution in [1.82, 2.24) is 5.32 Å². The largest absolute Gasteiger partial charge is 0.477 e. The Morgan fingerprint density at radius 3 is 1.91 bits per heavy atom. The summed E-state index contributed by atoms with van der Waals surface area (Å²) in [6.07, 6.45) is 0. The zero-order chi connectivity index (χ0) is 24.1. The minimum Gasteiger partial charge on any atom is -0.477 e. The van der Waals surface area contributed by atoms with E-state index in [-0.39, 0.29) is 17.9 Å². The van der Waals surface area contributed by atoms with E-state index in [4.69, 9.17) is 0 Å². The molecule has 0 aliphatic rings. The third-order valence-electron chi connectivity index (χ3n) is 6.39. The molecule has 4 nitrogen and oxygen atoms in total. The molecule has 3 rings (SSSR count). The van der Waals surface area contributed by atoms with E-state index in [0.29, 0.717) is 17.6 Å². The van der Waals surface area contributed by atoms with E-state index in [9.17, 15) is 14.3 Å². The molecule has 0 aliphatic heterocycles. The second kappa shape index (κ2) is 10.3. The molecule has 1 unspecified atom stereocenters. The van der Waals surface area contributed by atoms with Crippen molar-refractivity contribution in [2.24, 2.45) is 0 Å². The highest BCUT2D eigenvalue weighted by atomic mass is 19.1. The molecule has 0 fully saturated rings. The van der Waals surface area contributed by atoms with Crippen LogP contribution in [0.4, 0.5) is 4.39 Å². The normalized spacial score (nSPS) is 13.5. The number of likely N-dealkylation sites (N-methyl/N-ethyl adjacent to an activating group) is 1. The van der Waals surface area contributed by atoms with Crippen molar-refractivity contribution in [2.75, 3.05) is 20.1 Å². The van der Waals surface area contributed by atoms with Gasteiger partial charge in [0.2, 0.25) is 0 Å². The fourth-order valence-corrected chi connectivity index (χ4v) is 3.96. The molecule has 0 saturated carbocycles. The van der Waals surface area contributed by atoms with Crippen LogP contribution in [0, 0.1) is 5.82 Å². The summed E-state index contributed by atoms with van der Waals surface area (Å²) in [6, 6.07) is 23.5. The number of benzene rings is 3. The van der Waals surface area contributed by atoms with Crippen LogP contribution in [-0.2, 0) is 23.4 Å². The zero-order valence-corrected chi connectivity index (χ0v) is 19.9. The van der Waals surface area contributed by atoms with Gasteiger partial charge in [-0.2, -0.15) is 0 Å². The number of carbonyl (C=O) groups is 1. The van der Waals surface area contributed by atoms with Crippen molar-refractivity contribution in [3.8, 4) is 11.1 Å². The molecule has 0 radical (unpaired) electrons. The smallest absolute Gasteiger partial charge is 0.359 e. The van der Waals surface area contributed by atoms with Crippen LogP contribution in [0.25, 0.3) is 11.1 Å². The number of rotatable bonds is 10. The first-order valence-corrected chi connectivity index (χ1v) is 11.3. The molecule has 0 saturated heterocycles. The monoisotopic (exact) mass is 449 g/mol. The number of nitrogens with zero attached hydrogens (tertiary/aromatic N) is 1. The summed E-state index contributed by atoms with van der Waals surface area (Å²) in [5, 5.41) is 12.7. The molecule has 0 bridgehead atoms. The Morgan fingerprint density at radius 1 is 0.909 bits per heavy atom. The molecule has 0 heterocycles. The topological polar surface area (TPSA) is 49.3 Å². The number of halogens is 1. The van der Waals surface area contributed by atoms with Crippen LogP contribution in [0.1, 0.15) is 37.5 Å². The van der Waals surface area contributed by atoms with Crippen LogP contribution in [0.2, 0.25) is 0 Å². The standard InChI is InChI=1S/C28H33FN2O2/c1-5-31(4,20-27(32)33)19-22-8-12-24(13-9-22)23-10-6-21(7-11-23)18-30-28(2,3)25-14-16-26(29)17-15-25/h6-17,30H,5,18-20H2,1-4H3/p+1. The highest BCUT2D eigenvalue weighted by Crippen LogP contribution is 2.24. The third kappa shape index (κ3) is 6.73. The van der Waals surface area contributed by atoms with Gasteiger partial charge in [-0.05, 0) is 55.2 Å². The second-order valence-electron chi connectivity index (χ2n) is 9.52. The summed E-state index contributed by atoms with van der Waals surface area (Å²) in [6.45, 7) is 8.49. The molecule has 174 valence electrons. The highest BCUT2D eigenvalue weighted by Gasteiger charge is 2.23. The predicted octanol–water partition coefficient (Wildman–Crippen LogP) is 5.57. The van der Waals surface area contributed by atoms with Gasteiger partial charge in [0.15, 0.2) is 6.54 Å². The van der Waals surface area contributed by atoms with E-state index in [1.807, 2.05) is 26.1 Å². The Bertz CT molecular complexity index is 1060. The van der Waals surface area contributed by atoms with E-state index in [1.165, 1.54) is 17.7 Å². The van der Waals surface area contributed by atoms with Gasteiger partial charge in [0, 0.05) is 17.6 Å². The first kappa shape index (κ1) is 24.6. The van der Waals surface area contributed by atoms with Gasteiger partial charge in [0.05, 0.1) is 13.6 Å². The lowest BCUT2D eigenvalue weighted by atomic mass is 9.94. The predicted molar refractivity (Wildman–Crippen MR) is 131 cm³/mol. The number of hydrogen-bond donors (Lipinski definition) is 2. The van der Waals surface area contributed by atoms with Crippen LogP contribution < -0.4 is 5.32 Å². The molecule has 0 aromatic heterocycles. The number of aliphatic carboxylic acids is 1. The van der Waals surface area contributed by atoms with Gasteiger partial charge in [0.25, 0.3) is 0 Å². The molecule has 3 aromatic carbocycles. The Kier molecular flexibility index (Phi) is 7.67. The van der Waals surface area contributed by atoms with Crippen molar-refractivity contribution in [1.29, 1.82) is 0 Å². The number of nitrogens with one attached hydrogen (secondary N) is 1. The van der Waals surface area contributed by atoms with Crippen LogP contribution in [0.3, 0.4) is 0 Å². The SMILES string of the molecule is CC[N+](C)(CC(=O)O)Cc1ccc(-c2ccc(CNC(C)(C)c3ccc(F)cc3)cc2)cc1. The van der Waals surface area contributed by atoms with E-state index >= 15 is 0 Å². The van der Waals surface area contributed by atoms with Crippen molar-refractivity contribution < 1.29 is 18.8 Å². The van der Waals surface area contributed by atoms with Crippen LogP contribution in [-0.4, -0.2) is 35.7 Å². The van der Waals surface area contributed by atoms with Crippen LogP contribution >= 0.6 is 0 Å². The van der Waals surface area contributed by atoms with Crippen molar-refractivity contribution >= 4 is 5.97 Å². The first-order chi connectivity index (χ1) is 15.6. The lowest BCUT2D eigenvalue weighted by molar-refractivity contribution is -0.913. The molecule has 0 aliphatic carbocycles. The van der Waals surface area contributed by atoms with E-state index in [1.54, 1.807) is 0 Å². The third-order valence-corrected chi connectivity index (χ3v) is 6.39. The molecular formula is C28H34FN2O2+. The van der Waals surface area contributed by atoms with E-state index in [0.717, 1.165) is 28.8 Å². The van der Waals surface area contributed by atoms with Gasteiger partial charge in [-0.3, -0.25) is 0 Å². The number of carboxylic acids is 1. The average Bonchev–Trinajstić information content (AvgIpc) is 2.78. The Hall–Kier alpha value is -3.02. The summed E-state index contributed by atoms with van der Waals surface area (Å²) in [7, 11) is 1.98. The fraction of sp³-hybridized carbons (Fsp3) is 0.321. The lowest BCUT2D eigenvalue weighted by Gasteiger charge is -2.31. The maximum atomic E-state index is 13.2. The van der Waals surface area contributed by atoms with Gasteiger partial charge in [-0.15, -0.1) is 0 Å². The quantitative estimate of drug-likeness (QED) is 0.398. The molecule has 3 aromatic rings. The fourth-order valence-electron chi connectivity index (χ4n) is 3.96. The minimum atomic E-state index is -0.772. The zero-order valence-electron chi connectivity index (χ0n) is 19.9. The van der Waals surface area contributed by atoms with E-state index in [2.05, 4.69) is 67.7 Å². The summed E-state index contributed by atoms with van der Waals surface area (Å²) < 4.78 is 13.7. The summed E-state index contributed by atoms with van der Waals surface area (Å²) >= 11 is 0. The second-order valence-corrected chi connectivity index (χ2v) is 9.52. The maximum Gasteiger partial charge on any atom is 0.359 e. The summed E-state index contributed by atoms with van der Waals surface area (Å²) in [4.78, 5) is 11.2. The van der Waals surface area contributed by atoms with Crippen molar-refractivity contribution in [3.63, 3.8) is 0 Å². The Labute approximate surface area is 196 Å². The highest BCUT2D eigenvalue weighted by molar-refractivity contribution is 5.68. The maximum absolute atomic E-state index is 13.2. The van der Waals surface area contributed by atoms with Crippen LogP contribution in [0.15, 0.2) is 72.8 Å². The van der Waals surface area contributed by atoms with Crippen LogP contribution in [0.5, 0.6) is 0 Å².